The highest BCUT2D eigenvalue weighted by molar-refractivity contribution is 5.96. The van der Waals surface area contributed by atoms with Crippen LogP contribution in [0.1, 0.15) is 56.8 Å². The first-order chi connectivity index (χ1) is 12.5. The first-order valence-electron chi connectivity index (χ1n) is 8.48. The van der Waals surface area contributed by atoms with E-state index in [2.05, 4.69) is 5.32 Å². The maximum atomic E-state index is 12.3. The molecule has 0 saturated carbocycles. The lowest BCUT2D eigenvalue weighted by molar-refractivity contribution is 0.0682. The Morgan fingerprint density at radius 2 is 2.04 bits per heavy atom. The number of piperidine rings is 1. The fourth-order valence-electron chi connectivity index (χ4n) is 3.04. The Labute approximate surface area is 149 Å². The summed E-state index contributed by atoms with van der Waals surface area (Å²) in [5.41, 5.74) is 0.523. The molecule has 3 rings (SSSR count). The quantitative estimate of drug-likeness (QED) is 0.845. The van der Waals surface area contributed by atoms with E-state index < -0.39 is 11.9 Å². The Morgan fingerprint density at radius 3 is 2.58 bits per heavy atom. The van der Waals surface area contributed by atoms with Gasteiger partial charge in [0.1, 0.15) is 17.6 Å². The van der Waals surface area contributed by atoms with E-state index in [4.69, 9.17) is 13.9 Å². The van der Waals surface area contributed by atoms with Crippen LogP contribution in [0.3, 0.4) is 0 Å². The van der Waals surface area contributed by atoms with Crippen LogP contribution in [-0.2, 0) is 6.42 Å². The number of carbonyl (C=O) groups excluding carboxylic acids is 2. The van der Waals surface area contributed by atoms with Crippen molar-refractivity contribution in [3.8, 4) is 0 Å². The molecule has 2 aromatic rings. The molecule has 26 heavy (non-hydrogen) atoms. The molecule has 0 unspecified atom stereocenters. The average Bonchev–Trinajstić information content (AvgIpc) is 3.31. The molecule has 1 saturated heterocycles. The second-order valence-electron chi connectivity index (χ2n) is 6.16. The molecule has 1 aliphatic rings. The normalized spacial score (nSPS) is 15.0. The summed E-state index contributed by atoms with van der Waals surface area (Å²) in [6.07, 6.45) is 4.49. The number of nitrogens with one attached hydrogen (secondary N) is 1. The highest BCUT2D eigenvalue weighted by atomic mass is 16.4. The van der Waals surface area contributed by atoms with Gasteiger partial charge in [0.05, 0.1) is 11.8 Å². The van der Waals surface area contributed by atoms with Crippen molar-refractivity contribution in [3.63, 3.8) is 0 Å². The number of amides is 2. The molecule has 8 heteroatoms. The zero-order valence-corrected chi connectivity index (χ0v) is 14.4. The molecule has 0 radical (unpaired) electrons. The van der Waals surface area contributed by atoms with E-state index in [0.29, 0.717) is 37.9 Å². The standard InChI is InChI=1S/C18H20N2O6/c1-2-14-13(18(23)24)9-15(26-14)16(21)19-12-3-6-20(7-4-12)17(22)11-5-8-25-10-11/h5,8-10,12H,2-4,6-7H2,1H3,(H,19,21)(H,23,24). The van der Waals surface area contributed by atoms with E-state index in [1.165, 1.54) is 18.6 Å². The van der Waals surface area contributed by atoms with E-state index in [1.54, 1.807) is 17.9 Å². The van der Waals surface area contributed by atoms with Crippen LogP contribution in [-0.4, -0.2) is 46.9 Å². The number of carboxylic acids is 1. The van der Waals surface area contributed by atoms with Crippen LogP contribution in [0.4, 0.5) is 0 Å². The monoisotopic (exact) mass is 360 g/mol. The first-order valence-corrected chi connectivity index (χ1v) is 8.48. The number of carboxylic acid groups (broad SMARTS) is 1. The topological polar surface area (TPSA) is 113 Å². The third-order valence-electron chi connectivity index (χ3n) is 4.47. The van der Waals surface area contributed by atoms with E-state index in [-0.39, 0.29) is 29.0 Å². The molecule has 1 fully saturated rings. The van der Waals surface area contributed by atoms with E-state index in [1.807, 2.05) is 0 Å². The summed E-state index contributed by atoms with van der Waals surface area (Å²) >= 11 is 0. The van der Waals surface area contributed by atoms with Crippen molar-refractivity contribution in [1.29, 1.82) is 0 Å². The molecule has 2 amide bonds. The summed E-state index contributed by atoms with van der Waals surface area (Å²) in [6, 6.07) is 2.78. The van der Waals surface area contributed by atoms with E-state index >= 15 is 0 Å². The maximum absolute atomic E-state index is 12.3. The highest BCUT2D eigenvalue weighted by Crippen LogP contribution is 2.18. The zero-order valence-electron chi connectivity index (χ0n) is 14.4. The molecule has 1 aliphatic heterocycles. The SMILES string of the molecule is CCc1oc(C(=O)NC2CCN(C(=O)c3ccoc3)CC2)cc1C(=O)O. The lowest BCUT2D eigenvalue weighted by Crippen LogP contribution is -2.46. The molecule has 2 N–H and O–H groups in total. The third-order valence-corrected chi connectivity index (χ3v) is 4.47. The number of aryl methyl sites for hydroxylation is 1. The van der Waals surface area contributed by atoms with Gasteiger partial charge in [0.15, 0.2) is 5.76 Å². The van der Waals surface area contributed by atoms with Crippen molar-refractivity contribution < 1.29 is 28.3 Å². The zero-order chi connectivity index (χ0) is 18.7. The largest absolute Gasteiger partial charge is 0.478 e. The van der Waals surface area contributed by atoms with Crippen LogP contribution < -0.4 is 5.32 Å². The van der Waals surface area contributed by atoms with Gasteiger partial charge in [0.25, 0.3) is 11.8 Å². The molecule has 3 heterocycles. The average molecular weight is 360 g/mol. The molecule has 2 aromatic heterocycles. The molecule has 138 valence electrons. The Morgan fingerprint density at radius 1 is 1.31 bits per heavy atom. The van der Waals surface area contributed by atoms with Crippen molar-refractivity contribution >= 4 is 17.8 Å². The van der Waals surface area contributed by atoms with Crippen LogP contribution in [0.15, 0.2) is 33.5 Å². The summed E-state index contributed by atoms with van der Waals surface area (Å²) in [6.45, 7) is 2.81. The summed E-state index contributed by atoms with van der Waals surface area (Å²) in [7, 11) is 0. The molecule has 0 atom stereocenters. The third kappa shape index (κ3) is 3.63. The minimum absolute atomic E-state index is 0.00356. The fourth-order valence-corrected chi connectivity index (χ4v) is 3.04. The summed E-state index contributed by atoms with van der Waals surface area (Å²) < 4.78 is 10.3. The molecule has 0 bridgehead atoms. The second kappa shape index (κ2) is 7.47. The number of likely N-dealkylation sites (tertiary alicyclic amines) is 1. The van der Waals surface area contributed by atoms with Crippen LogP contribution in [0.25, 0.3) is 0 Å². The number of aromatic carboxylic acids is 1. The van der Waals surface area contributed by atoms with E-state index in [9.17, 15) is 14.4 Å². The molecule has 0 spiro atoms. The van der Waals surface area contributed by atoms with Gasteiger partial charge in [-0.3, -0.25) is 9.59 Å². The van der Waals surface area contributed by atoms with Gasteiger partial charge in [-0.05, 0) is 18.9 Å². The maximum Gasteiger partial charge on any atom is 0.339 e. The molecular formula is C18H20N2O6. The van der Waals surface area contributed by atoms with Gasteiger partial charge in [-0.15, -0.1) is 0 Å². The Kier molecular flexibility index (Phi) is 5.11. The van der Waals surface area contributed by atoms with Gasteiger partial charge in [-0.1, -0.05) is 6.92 Å². The van der Waals surface area contributed by atoms with Gasteiger partial charge in [-0.2, -0.15) is 0 Å². The fraction of sp³-hybridized carbons (Fsp3) is 0.389. The van der Waals surface area contributed by atoms with Gasteiger partial charge < -0.3 is 24.2 Å². The molecule has 8 nitrogen and oxygen atoms in total. The summed E-state index contributed by atoms with van der Waals surface area (Å²) in [5, 5.41) is 12.0. The second-order valence-corrected chi connectivity index (χ2v) is 6.16. The van der Waals surface area contributed by atoms with E-state index in [0.717, 1.165) is 0 Å². The smallest absolute Gasteiger partial charge is 0.339 e. The number of rotatable bonds is 5. The van der Waals surface area contributed by atoms with Gasteiger partial charge in [0, 0.05) is 31.6 Å². The Hall–Kier alpha value is -3.03. The van der Waals surface area contributed by atoms with Crippen molar-refractivity contribution in [2.75, 3.05) is 13.1 Å². The van der Waals surface area contributed by atoms with Crippen molar-refractivity contribution in [2.45, 2.75) is 32.2 Å². The van der Waals surface area contributed by atoms with Crippen LogP contribution in [0.5, 0.6) is 0 Å². The van der Waals surface area contributed by atoms with Gasteiger partial charge in [0.2, 0.25) is 0 Å². The van der Waals surface area contributed by atoms with Crippen LogP contribution in [0, 0.1) is 0 Å². The number of nitrogens with zero attached hydrogens (tertiary/aromatic N) is 1. The predicted molar refractivity (Wildman–Crippen MR) is 90.1 cm³/mol. The van der Waals surface area contributed by atoms with Gasteiger partial charge >= 0.3 is 5.97 Å². The number of carbonyl (C=O) groups is 3. The predicted octanol–water partition coefficient (Wildman–Crippen LogP) is 2.17. The molecular weight excluding hydrogens is 340 g/mol. The Bertz CT molecular complexity index is 800. The van der Waals surface area contributed by atoms with Crippen molar-refractivity contribution in [2.24, 2.45) is 0 Å². The summed E-state index contributed by atoms with van der Waals surface area (Å²) in [5.74, 6) is -1.37. The number of hydrogen-bond donors (Lipinski definition) is 2. The van der Waals surface area contributed by atoms with Crippen LogP contribution >= 0.6 is 0 Å². The lowest BCUT2D eigenvalue weighted by atomic mass is 10.0. The molecule has 0 aliphatic carbocycles. The first kappa shape index (κ1) is 17.8. The Balaban J connectivity index is 1.57. The minimum atomic E-state index is -1.12. The number of hydrogen-bond acceptors (Lipinski definition) is 5. The van der Waals surface area contributed by atoms with Crippen molar-refractivity contribution in [3.05, 3.63) is 47.3 Å². The van der Waals surface area contributed by atoms with Crippen LogP contribution in [0.2, 0.25) is 0 Å². The lowest BCUT2D eigenvalue weighted by Gasteiger charge is -2.32. The summed E-state index contributed by atoms with van der Waals surface area (Å²) in [4.78, 5) is 37.5. The molecule has 0 aromatic carbocycles. The number of furan rings is 2. The minimum Gasteiger partial charge on any atom is -0.478 e. The highest BCUT2D eigenvalue weighted by Gasteiger charge is 2.27. The van der Waals surface area contributed by atoms with Gasteiger partial charge in [-0.25, -0.2) is 4.79 Å². The van der Waals surface area contributed by atoms with Crippen molar-refractivity contribution in [1.82, 2.24) is 10.2 Å².